The summed E-state index contributed by atoms with van der Waals surface area (Å²) in [4.78, 5) is 8.26. The molecular formula is C13H23N3O. The first-order valence-corrected chi connectivity index (χ1v) is 6.33. The van der Waals surface area contributed by atoms with Crippen LogP contribution in [0, 0.1) is 5.92 Å². The van der Waals surface area contributed by atoms with Gasteiger partial charge in [-0.3, -0.25) is 0 Å². The third-order valence-electron chi connectivity index (χ3n) is 2.32. The Bertz CT molecular complexity index is 328. The second kappa shape index (κ2) is 7.09. The average Bonchev–Trinajstić information content (AvgIpc) is 2.25. The summed E-state index contributed by atoms with van der Waals surface area (Å²) in [5.41, 5.74) is 0. The minimum absolute atomic E-state index is 0.406. The van der Waals surface area contributed by atoms with Crippen molar-refractivity contribution < 1.29 is 4.74 Å². The molecule has 0 saturated carbocycles. The third kappa shape index (κ3) is 5.52. The topological polar surface area (TPSA) is 47.0 Å². The number of ether oxygens (including phenoxy) is 1. The summed E-state index contributed by atoms with van der Waals surface area (Å²) >= 11 is 0. The van der Waals surface area contributed by atoms with Gasteiger partial charge in [-0.2, -0.15) is 0 Å². The Morgan fingerprint density at radius 1 is 1.29 bits per heavy atom. The number of anilines is 1. The third-order valence-corrected chi connectivity index (χ3v) is 2.32. The minimum atomic E-state index is 0.406. The van der Waals surface area contributed by atoms with Gasteiger partial charge < -0.3 is 10.1 Å². The van der Waals surface area contributed by atoms with Crippen molar-refractivity contribution in [3.63, 3.8) is 0 Å². The van der Waals surface area contributed by atoms with Crippen molar-refractivity contribution in [1.82, 2.24) is 9.97 Å². The molecule has 0 aliphatic carbocycles. The number of rotatable bonds is 7. The van der Waals surface area contributed by atoms with Crippen LogP contribution in [0.3, 0.4) is 0 Å². The lowest BCUT2D eigenvalue weighted by atomic mass is 10.1. The lowest BCUT2D eigenvalue weighted by molar-refractivity contribution is 0.305. The molecule has 0 spiro atoms. The van der Waals surface area contributed by atoms with Gasteiger partial charge in [-0.25, -0.2) is 9.97 Å². The molecule has 17 heavy (non-hydrogen) atoms. The Balaban J connectivity index is 2.52. The van der Waals surface area contributed by atoms with E-state index >= 15 is 0 Å². The van der Waals surface area contributed by atoms with Crippen LogP contribution in [0.15, 0.2) is 12.4 Å². The molecule has 0 radical (unpaired) electrons. The Labute approximate surface area is 104 Å². The molecule has 4 nitrogen and oxygen atoms in total. The molecule has 1 N–H and O–H groups in total. The largest absolute Gasteiger partial charge is 0.478 e. The van der Waals surface area contributed by atoms with E-state index < -0.39 is 0 Å². The predicted molar refractivity (Wildman–Crippen MR) is 70.4 cm³/mol. The van der Waals surface area contributed by atoms with Gasteiger partial charge in [-0.1, -0.05) is 20.8 Å². The monoisotopic (exact) mass is 237 g/mol. The van der Waals surface area contributed by atoms with Gasteiger partial charge in [0.15, 0.2) is 0 Å². The lowest BCUT2D eigenvalue weighted by Gasteiger charge is -2.16. The van der Waals surface area contributed by atoms with E-state index in [2.05, 4.69) is 43.0 Å². The summed E-state index contributed by atoms with van der Waals surface area (Å²) in [6.07, 6.45) is 3.64. The van der Waals surface area contributed by atoms with Gasteiger partial charge >= 0.3 is 0 Å². The van der Waals surface area contributed by atoms with Gasteiger partial charge in [-0.15, -0.1) is 0 Å². The fourth-order valence-corrected chi connectivity index (χ4v) is 1.72. The van der Waals surface area contributed by atoms with Crippen molar-refractivity contribution in [2.24, 2.45) is 5.92 Å². The van der Waals surface area contributed by atoms with Gasteiger partial charge in [0.1, 0.15) is 12.1 Å². The molecular weight excluding hydrogens is 214 g/mol. The van der Waals surface area contributed by atoms with Crippen molar-refractivity contribution in [1.29, 1.82) is 0 Å². The molecule has 1 unspecified atom stereocenters. The molecule has 0 aliphatic heterocycles. The highest BCUT2D eigenvalue weighted by molar-refractivity contribution is 5.37. The average molecular weight is 237 g/mol. The smallest absolute Gasteiger partial charge is 0.218 e. The molecule has 0 aromatic carbocycles. The molecule has 1 atom stereocenters. The zero-order valence-corrected chi connectivity index (χ0v) is 11.2. The summed E-state index contributed by atoms with van der Waals surface area (Å²) < 4.78 is 5.47. The molecule has 96 valence electrons. The van der Waals surface area contributed by atoms with E-state index in [0.29, 0.717) is 24.4 Å². The van der Waals surface area contributed by atoms with Crippen LogP contribution in [0.25, 0.3) is 0 Å². The van der Waals surface area contributed by atoms with Crippen LogP contribution in [0.1, 0.15) is 40.5 Å². The zero-order valence-electron chi connectivity index (χ0n) is 11.2. The summed E-state index contributed by atoms with van der Waals surface area (Å²) in [6, 6.07) is 2.26. The Kier molecular flexibility index (Phi) is 5.73. The van der Waals surface area contributed by atoms with Crippen molar-refractivity contribution in [2.45, 2.75) is 46.6 Å². The molecule has 4 heteroatoms. The maximum atomic E-state index is 5.47. The van der Waals surface area contributed by atoms with E-state index in [1.165, 1.54) is 6.33 Å². The van der Waals surface area contributed by atoms with Crippen LogP contribution >= 0.6 is 0 Å². The van der Waals surface area contributed by atoms with E-state index in [0.717, 1.165) is 18.7 Å². The quantitative estimate of drug-likeness (QED) is 0.791. The number of nitrogens with zero attached hydrogens (tertiary/aromatic N) is 2. The van der Waals surface area contributed by atoms with Gasteiger partial charge in [0, 0.05) is 12.1 Å². The summed E-state index contributed by atoms with van der Waals surface area (Å²) in [7, 11) is 0. The summed E-state index contributed by atoms with van der Waals surface area (Å²) in [6.45, 7) is 9.36. The maximum absolute atomic E-state index is 5.47. The van der Waals surface area contributed by atoms with Crippen LogP contribution in [0.4, 0.5) is 5.82 Å². The highest BCUT2D eigenvalue weighted by Gasteiger charge is 2.06. The first kappa shape index (κ1) is 13.7. The van der Waals surface area contributed by atoms with E-state index in [1.54, 1.807) is 0 Å². The van der Waals surface area contributed by atoms with Crippen LogP contribution < -0.4 is 10.1 Å². The molecule has 1 aromatic rings. The second-order valence-electron chi connectivity index (χ2n) is 4.76. The van der Waals surface area contributed by atoms with Gasteiger partial charge in [0.2, 0.25) is 5.88 Å². The van der Waals surface area contributed by atoms with Crippen LogP contribution in [0.2, 0.25) is 0 Å². The minimum Gasteiger partial charge on any atom is -0.478 e. The Morgan fingerprint density at radius 3 is 2.71 bits per heavy atom. The molecule has 0 amide bonds. The van der Waals surface area contributed by atoms with Crippen LogP contribution in [-0.4, -0.2) is 22.6 Å². The molecule has 1 rings (SSSR count). The van der Waals surface area contributed by atoms with E-state index in [9.17, 15) is 0 Å². The molecule has 0 bridgehead atoms. The SMILES string of the molecule is CCCOc1cc(NC(C)CC(C)C)ncn1. The normalized spacial score (nSPS) is 12.5. The van der Waals surface area contributed by atoms with Gasteiger partial charge in [0.05, 0.1) is 6.61 Å². The van der Waals surface area contributed by atoms with Crippen molar-refractivity contribution in [3.05, 3.63) is 12.4 Å². The molecule has 0 fully saturated rings. The van der Waals surface area contributed by atoms with Gasteiger partial charge in [-0.05, 0) is 25.7 Å². The number of aromatic nitrogens is 2. The maximum Gasteiger partial charge on any atom is 0.218 e. The summed E-state index contributed by atoms with van der Waals surface area (Å²) in [5, 5.41) is 3.36. The number of hydrogen-bond acceptors (Lipinski definition) is 4. The molecule has 1 aromatic heterocycles. The zero-order chi connectivity index (χ0) is 12.7. The highest BCUT2D eigenvalue weighted by atomic mass is 16.5. The van der Waals surface area contributed by atoms with Crippen molar-refractivity contribution >= 4 is 5.82 Å². The summed E-state index contributed by atoms with van der Waals surface area (Å²) in [5.74, 6) is 2.15. The van der Waals surface area contributed by atoms with E-state index in [1.807, 2.05) is 6.07 Å². The highest BCUT2D eigenvalue weighted by Crippen LogP contribution is 2.14. The van der Waals surface area contributed by atoms with Crippen LogP contribution in [0.5, 0.6) is 5.88 Å². The lowest BCUT2D eigenvalue weighted by Crippen LogP contribution is -2.18. The Hall–Kier alpha value is -1.32. The number of hydrogen-bond donors (Lipinski definition) is 1. The fourth-order valence-electron chi connectivity index (χ4n) is 1.72. The van der Waals surface area contributed by atoms with Crippen molar-refractivity contribution in [2.75, 3.05) is 11.9 Å². The fraction of sp³-hybridized carbons (Fsp3) is 0.692. The van der Waals surface area contributed by atoms with Crippen molar-refractivity contribution in [3.8, 4) is 5.88 Å². The predicted octanol–water partition coefficient (Wildman–Crippen LogP) is 3.11. The second-order valence-corrected chi connectivity index (χ2v) is 4.76. The molecule has 0 saturated heterocycles. The molecule has 0 aliphatic rings. The van der Waals surface area contributed by atoms with Gasteiger partial charge in [0.25, 0.3) is 0 Å². The standard InChI is InChI=1S/C13H23N3O/c1-5-6-17-13-8-12(14-9-15-13)16-11(4)7-10(2)3/h8-11H,5-7H2,1-4H3,(H,14,15,16). The van der Waals surface area contributed by atoms with E-state index in [4.69, 9.17) is 4.74 Å². The first-order valence-electron chi connectivity index (χ1n) is 6.33. The number of nitrogens with one attached hydrogen (secondary N) is 1. The Morgan fingerprint density at radius 2 is 2.06 bits per heavy atom. The molecule has 1 heterocycles. The van der Waals surface area contributed by atoms with Crippen LogP contribution in [-0.2, 0) is 0 Å². The first-order chi connectivity index (χ1) is 8.11. The van der Waals surface area contributed by atoms with E-state index in [-0.39, 0.29) is 0 Å².